The van der Waals surface area contributed by atoms with E-state index < -0.39 is 10.0 Å². The third kappa shape index (κ3) is 4.41. The van der Waals surface area contributed by atoms with Crippen LogP contribution in [0.3, 0.4) is 0 Å². The van der Waals surface area contributed by atoms with Crippen LogP contribution >= 0.6 is 11.3 Å². The quantitative estimate of drug-likeness (QED) is 0.637. The zero-order valence-corrected chi connectivity index (χ0v) is 14.5. The molecule has 22 heavy (non-hydrogen) atoms. The smallest absolute Gasteiger partial charge is 0.293 e. The van der Waals surface area contributed by atoms with Gasteiger partial charge in [-0.3, -0.25) is 0 Å². The van der Waals surface area contributed by atoms with Gasteiger partial charge in [-0.15, -0.1) is 15.7 Å². The molecule has 7 heteroatoms. The Morgan fingerprint density at radius 2 is 2.09 bits per heavy atom. The third-order valence-corrected chi connectivity index (χ3v) is 6.43. The van der Waals surface area contributed by atoms with Crippen LogP contribution in [0.2, 0.25) is 0 Å². The summed E-state index contributed by atoms with van der Waals surface area (Å²) in [5, 5.41) is 9.58. The van der Waals surface area contributed by atoms with Crippen molar-refractivity contribution >= 4 is 33.3 Å². The first-order valence-electron chi connectivity index (χ1n) is 7.31. The Bertz CT molecular complexity index is 654. The maximum absolute atomic E-state index is 12.1. The van der Waals surface area contributed by atoms with Gasteiger partial charge in [-0.05, 0) is 36.5 Å². The maximum atomic E-state index is 12.1. The second-order valence-electron chi connectivity index (χ2n) is 5.67. The number of thiophene rings is 1. The van der Waals surface area contributed by atoms with Crippen molar-refractivity contribution in [1.29, 1.82) is 0 Å². The molecule has 1 fully saturated rings. The molecule has 0 unspecified atom stereocenters. The monoisotopic (exact) mass is 342 g/mol. The summed E-state index contributed by atoms with van der Waals surface area (Å²) < 4.78 is 28.0. The SMILES string of the molecule is CN(C)C=NS(=O)(=O)c1ccc(C(=CC2CCCC2)CO)s1. The van der Waals surface area contributed by atoms with E-state index in [4.69, 9.17) is 0 Å². The fourth-order valence-electron chi connectivity index (χ4n) is 2.46. The van der Waals surface area contributed by atoms with Gasteiger partial charge in [-0.2, -0.15) is 8.42 Å². The van der Waals surface area contributed by atoms with Gasteiger partial charge in [0.15, 0.2) is 0 Å². The van der Waals surface area contributed by atoms with E-state index in [0.29, 0.717) is 5.92 Å². The molecule has 0 spiro atoms. The second kappa shape index (κ2) is 7.39. The highest BCUT2D eigenvalue weighted by atomic mass is 32.2. The second-order valence-corrected chi connectivity index (χ2v) is 8.62. The summed E-state index contributed by atoms with van der Waals surface area (Å²) in [5.41, 5.74) is 0.815. The fourth-order valence-corrected chi connectivity index (χ4v) is 4.69. The lowest BCUT2D eigenvalue weighted by Gasteiger charge is -2.06. The topological polar surface area (TPSA) is 70.0 Å². The first-order chi connectivity index (χ1) is 10.4. The molecule has 0 bridgehead atoms. The molecule has 1 aromatic heterocycles. The van der Waals surface area contributed by atoms with Crippen molar-refractivity contribution < 1.29 is 13.5 Å². The van der Waals surface area contributed by atoms with E-state index in [1.165, 1.54) is 19.2 Å². The Kier molecular flexibility index (Phi) is 5.77. The van der Waals surface area contributed by atoms with Crippen LogP contribution in [0.5, 0.6) is 0 Å². The van der Waals surface area contributed by atoms with Crippen LogP contribution in [0.15, 0.2) is 26.8 Å². The standard InChI is InChI=1S/C15H22N2O3S2/c1-17(2)11-16-22(19,20)15-8-7-14(21-15)13(10-18)9-12-5-3-4-6-12/h7-9,11-12,18H,3-6,10H2,1-2H3. The van der Waals surface area contributed by atoms with E-state index in [0.717, 1.165) is 34.6 Å². The predicted molar refractivity (Wildman–Crippen MR) is 90.7 cm³/mol. The molecule has 5 nitrogen and oxygen atoms in total. The van der Waals surface area contributed by atoms with Gasteiger partial charge in [0.25, 0.3) is 10.0 Å². The lowest BCUT2D eigenvalue weighted by Crippen LogP contribution is -2.09. The van der Waals surface area contributed by atoms with Crippen molar-refractivity contribution in [3.8, 4) is 0 Å². The van der Waals surface area contributed by atoms with Gasteiger partial charge in [0.05, 0.1) is 6.61 Å². The number of allylic oxidation sites excluding steroid dienone is 1. The van der Waals surface area contributed by atoms with Gasteiger partial charge < -0.3 is 10.0 Å². The summed E-state index contributed by atoms with van der Waals surface area (Å²) >= 11 is 1.16. The molecule has 0 aliphatic heterocycles. The molecule has 1 aliphatic rings. The zero-order valence-electron chi connectivity index (χ0n) is 12.9. The largest absolute Gasteiger partial charge is 0.392 e. The van der Waals surface area contributed by atoms with Gasteiger partial charge in [-0.25, -0.2) is 0 Å². The Morgan fingerprint density at radius 1 is 1.41 bits per heavy atom. The Balaban J connectivity index is 2.22. The Labute approximate surface area is 136 Å². The van der Waals surface area contributed by atoms with Crippen LogP contribution in [0.25, 0.3) is 5.57 Å². The summed E-state index contributed by atoms with van der Waals surface area (Å²) in [6.45, 7) is -0.0720. The molecule has 0 radical (unpaired) electrons. The van der Waals surface area contributed by atoms with E-state index in [1.54, 1.807) is 31.1 Å². The van der Waals surface area contributed by atoms with Crippen molar-refractivity contribution in [3.63, 3.8) is 0 Å². The van der Waals surface area contributed by atoms with Crippen LogP contribution in [0.4, 0.5) is 0 Å². The molecule has 1 N–H and O–H groups in total. The van der Waals surface area contributed by atoms with Crippen molar-refractivity contribution in [3.05, 3.63) is 23.1 Å². The lowest BCUT2D eigenvalue weighted by atomic mass is 10.0. The van der Waals surface area contributed by atoms with Gasteiger partial charge >= 0.3 is 0 Å². The number of hydrogen-bond donors (Lipinski definition) is 1. The maximum Gasteiger partial charge on any atom is 0.293 e. The van der Waals surface area contributed by atoms with Gasteiger partial charge in [-0.1, -0.05) is 18.9 Å². The molecule has 1 heterocycles. The summed E-state index contributed by atoms with van der Waals surface area (Å²) in [4.78, 5) is 2.37. The average Bonchev–Trinajstić information content (AvgIpc) is 3.14. The van der Waals surface area contributed by atoms with Gasteiger partial charge in [0.2, 0.25) is 0 Å². The first kappa shape index (κ1) is 17.2. The molecule has 0 aromatic carbocycles. The van der Waals surface area contributed by atoms with Crippen molar-refractivity contribution in [1.82, 2.24) is 4.90 Å². The molecule has 0 saturated heterocycles. The van der Waals surface area contributed by atoms with E-state index in [-0.39, 0.29) is 10.8 Å². The fraction of sp³-hybridized carbons (Fsp3) is 0.533. The minimum atomic E-state index is -3.67. The Hall–Kier alpha value is -1.18. The Morgan fingerprint density at radius 3 is 2.68 bits per heavy atom. The molecule has 1 saturated carbocycles. The first-order valence-corrected chi connectivity index (χ1v) is 9.56. The summed E-state index contributed by atoms with van der Waals surface area (Å²) in [5.74, 6) is 0.496. The average molecular weight is 342 g/mol. The summed E-state index contributed by atoms with van der Waals surface area (Å²) in [6.07, 6.45) is 8.11. The van der Waals surface area contributed by atoms with E-state index in [9.17, 15) is 13.5 Å². The van der Waals surface area contributed by atoms with Crippen LogP contribution in [-0.4, -0.2) is 45.5 Å². The van der Waals surface area contributed by atoms with Crippen molar-refractivity contribution in [2.45, 2.75) is 29.9 Å². The van der Waals surface area contributed by atoms with E-state index >= 15 is 0 Å². The van der Waals surface area contributed by atoms with Gasteiger partial charge in [0, 0.05) is 19.0 Å². The number of aliphatic hydroxyl groups excluding tert-OH is 1. The number of aliphatic hydroxyl groups is 1. The molecule has 122 valence electrons. The molecule has 0 amide bonds. The number of sulfonamides is 1. The molecule has 1 aromatic rings. The lowest BCUT2D eigenvalue weighted by molar-refractivity contribution is 0.349. The normalized spacial score (nSPS) is 17.5. The predicted octanol–water partition coefficient (Wildman–Crippen LogP) is 2.59. The minimum Gasteiger partial charge on any atom is -0.392 e. The molecule has 1 aliphatic carbocycles. The highest BCUT2D eigenvalue weighted by Gasteiger charge is 2.18. The third-order valence-electron chi connectivity index (χ3n) is 3.58. The van der Waals surface area contributed by atoms with Crippen LogP contribution in [0, 0.1) is 5.92 Å². The molecular formula is C15H22N2O3S2. The molecular weight excluding hydrogens is 320 g/mol. The van der Waals surface area contributed by atoms with Gasteiger partial charge in [0.1, 0.15) is 10.5 Å². The highest BCUT2D eigenvalue weighted by Crippen LogP contribution is 2.32. The van der Waals surface area contributed by atoms with Crippen LogP contribution in [0.1, 0.15) is 30.6 Å². The summed E-state index contributed by atoms with van der Waals surface area (Å²) in [7, 11) is -0.235. The number of rotatable bonds is 6. The van der Waals surface area contributed by atoms with Crippen LogP contribution < -0.4 is 0 Å². The summed E-state index contributed by atoms with van der Waals surface area (Å²) in [6, 6.07) is 3.31. The molecule has 0 atom stereocenters. The van der Waals surface area contributed by atoms with E-state index in [2.05, 4.69) is 10.5 Å². The number of nitrogens with zero attached hydrogens (tertiary/aromatic N) is 2. The zero-order chi connectivity index (χ0) is 16.2. The van der Waals surface area contributed by atoms with Crippen LogP contribution in [-0.2, 0) is 10.0 Å². The van der Waals surface area contributed by atoms with E-state index in [1.807, 2.05) is 0 Å². The minimum absolute atomic E-state index is 0.0720. The number of hydrogen-bond acceptors (Lipinski definition) is 4. The highest BCUT2D eigenvalue weighted by molar-refractivity contribution is 7.92. The van der Waals surface area contributed by atoms with Crippen molar-refractivity contribution in [2.75, 3.05) is 20.7 Å². The van der Waals surface area contributed by atoms with Crippen molar-refractivity contribution in [2.24, 2.45) is 10.3 Å². The molecule has 2 rings (SSSR count).